The van der Waals surface area contributed by atoms with Gasteiger partial charge in [0.05, 0.1) is 4.90 Å². The summed E-state index contributed by atoms with van der Waals surface area (Å²) in [4.78, 5) is 0.309. The van der Waals surface area contributed by atoms with E-state index in [2.05, 4.69) is 4.72 Å². The molecule has 2 rings (SSSR count). The molecule has 5 heteroatoms. The summed E-state index contributed by atoms with van der Waals surface area (Å²) in [5.41, 5.74) is 2.74. The van der Waals surface area contributed by atoms with E-state index >= 15 is 0 Å². The number of sulfonamides is 1. The van der Waals surface area contributed by atoms with E-state index in [4.69, 9.17) is 0 Å². The van der Waals surface area contributed by atoms with Gasteiger partial charge >= 0.3 is 0 Å². The molecule has 2 aromatic rings. The van der Waals surface area contributed by atoms with Gasteiger partial charge in [-0.3, -0.25) is 0 Å². The monoisotopic (exact) mass is 347 g/mol. The Balaban J connectivity index is 2.34. The Morgan fingerprint density at radius 2 is 1.50 bits per heavy atom. The lowest BCUT2D eigenvalue weighted by Gasteiger charge is -2.25. The van der Waals surface area contributed by atoms with Crippen LogP contribution in [0.25, 0.3) is 0 Å². The van der Waals surface area contributed by atoms with Crippen molar-refractivity contribution in [3.8, 4) is 0 Å². The molecule has 130 valence electrons. The quantitative estimate of drug-likeness (QED) is 0.873. The zero-order chi connectivity index (χ0) is 18.1. The average molecular weight is 347 g/mol. The van der Waals surface area contributed by atoms with Gasteiger partial charge in [0.25, 0.3) is 0 Å². The Hall–Kier alpha value is -1.69. The molecule has 0 aliphatic heterocycles. The molecule has 4 nitrogen and oxygen atoms in total. The van der Waals surface area contributed by atoms with E-state index < -0.39 is 15.6 Å². The Morgan fingerprint density at radius 1 is 1.00 bits per heavy atom. The van der Waals surface area contributed by atoms with Crippen LogP contribution in [-0.4, -0.2) is 20.1 Å². The molecule has 24 heavy (non-hydrogen) atoms. The highest BCUT2D eigenvalue weighted by atomic mass is 32.2. The highest BCUT2D eigenvalue weighted by Gasteiger charge is 2.28. The van der Waals surface area contributed by atoms with Crippen molar-refractivity contribution in [2.75, 3.05) is 6.54 Å². The van der Waals surface area contributed by atoms with Crippen molar-refractivity contribution in [1.29, 1.82) is 0 Å². The third kappa shape index (κ3) is 3.69. The summed E-state index contributed by atoms with van der Waals surface area (Å²) >= 11 is 0. The molecule has 2 aromatic carbocycles. The second-order valence-corrected chi connectivity index (χ2v) is 8.26. The Kier molecular flexibility index (Phi) is 5.18. The molecule has 1 unspecified atom stereocenters. The molecule has 2 N–H and O–H groups in total. The zero-order valence-corrected chi connectivity index (χ0v) is 15.7. The second kappa shape index (κ2) is 6.67. The molecular formula is C19H25NO3S. The highest BCUT2D eigenvalue weighted by molar-refractivity contribution is 7.89. The van der Waals surface area contributed by atoms with Gasteiger partial charge in [0.1, 0.15) is 5.60 Å². The lowest BCUT2D eigenvalue weighted by molar-refractivity contribution is 0.0627. The fourth-order valence-corrected chi connectivity index (χ4v) is 4.53. The average Bonchev–Trinajstić information content (AvgIpc) is 2.52. The van der Waals surface area contributed by atoms with E-state index in [0.717, 1.165) is 22.3 Å². The van der Waals surface area contributed by atoms with Crippen LogP contribution in [0.1, 0.15) is 34.7 Å². The molecule has 0 bridgehead atoms. The minimum Gasteiger partial charge on any atom is -0.384 e. The first-order valence-corrected chi connectivity index (χ1v) is 9.39. The molecule has 0 radical (unpaired) electrons. The maximum Gasteiger partial charge on any atom is 0.241 e. The Morgan fingerprint density at radius 3 is 2.00 bits per heavy atom. The van der Waals surface area contributed by atoms with E-state index in [1.807, 2.05) is 52.0 Å². The van der Waals surface area contributed by atoms with Crippen LogP contribution in [0, 0.1) is 27.7 Å². The van der Waals surface area contributed by atoms with Crippen molar-refractivity contribution in [2.24, 2.45) is 0 Å². The van der Waals surface area contributed by atoms with Crippen LogP contribution >= 0.6 is 0 Å². The minimum atomic E-state index is -3.72. The number of aliphatic hydroxyl groups is 1. The number of benzene rings is 2. The number of rotatable bonds is 5. The number of nitrogens with one attached hydrogen (secondary N) is 1. The van der Waals surface area contributed by atoms with E-state index in [1.54, 1.807) is 19.1 Å². The lowest BCUT2D eigenvalue weighted by atomic mass is 9.97. The van der Waals surface area contributed by atoms with Gasteiger partial charge < -0.3 is 5.11 Å². The van der Waals surface area contributed by atoms with Crippen molar-refractivity contribution < 1.29 is 13.5 Å². The van der Waals surface area contributed by atoms with Gasteiger partial charge in [0.15, 0.2) is 0 Å². The van der Waals surface area contributed by atoms with Crippen molar-refractivity contribution >= 4 is 10.0 Å². The molecule has 0 amide bonds. The summed E-state index contributed by atoms with van der Waals surface area (Å²) in [6.07, 6.45) is 0. The molecule has 0 saturated heterocycles. The van der Waals surface area contributed by atoms with Gasteiger partial charge in [0, 0.05) is 6.54 Å². The smallest absolute Gasteiger partial charge is 0.241 e. The highest BCUT2D eigenvalue weighted by Crippen LogP contribution is 2.27. The van der Waals surface area contributed by atoms with Gasteiger partial charge in [-0.15, -0.1) is 0 Å². The van der Waals surface area contributed by atoms with Gasteiger partial charge in [-0.1, -0.05) is 36.4 Å². The van der Waals surface area contributed by atoms with Crippen molar-refractivity contribution in [2.45, 2.75) is 45.1 Å². The largest absolute Gasteiger partial charge is 0.384 e. The molecule has 0 saturated carbocycles. The van der Waals surface area contributed by atoms with E-state index in [1.165, 1.54) is 0 Å². The summed E-state index contributed by atoms with van der Waals surface area (Å²) in [7, 11) is -3.72. The molecule has 1 atom stereocenters. The van der Waals surface area contributed by atoms with Crippen LogP contribution in [0.2, 0.25) is 0 Å². The van der Waals surface area contributed by atoms with Crippen LogP contribution in [0.15, 0.2) is 41.3 Å². The zero-order valence-electron chi connectivity index (χ0n) is 14.8. The standard InChI is InChI=1S/C19H25NO3S/c1-13-11-14(2)16(4)18(15(13)3)24(22,23)20-12-19(5,21)17-9-7-6-8-10-17/h6-11,20-21H,12H2,1-5H3. The van der Waals surface area contributed by atoms with Crippen LogP contribution in [0.3, 0.4) is 0 Å². The van der Waals surface area contributed by atoms with Crippen LogP contribution in [0.4, 0.5) is 0 Å². The molecular weight excluding hydrogens is 322 g/mol. The molecule has 0 fully saturated rings. The van der Waals surface area contributed by atoms with Crippen LogP contribution in [0.5, 0.6) is 0 Å². The predicted molar refractivity (Wildman–Crippen MR) is 96.6 cm³/mol. The van der Waals surface area contributed by atoms with E-state index in [-0.39, 0.29) is 6.54 Å². The summed E-state index contributed by atoms with van der Waals surface area (Å²) < 4.78 is 28.2. The lowest BCUT2D eigenvalue weighted by Crippen LogP contribution is -2.39. The molecule has 0 aliphatic rings. The van der Waals surface area contributed by atoms with Gasteiger partial charge in [0.2, 0.25) is 10.0 Å². The normalized spacial score (nSPS) is 14.4. The summed E-state index contributed by atoms with van der Waals surface area (Å²) in [5, 5.41) is 10.6. The van der Waals surface area contributed by atoms with Crippen LogP contribution < -0.4 is 4.72 Å². The van der Waals surface area contributed by atoms with Gasteiger partial charge in [-0.25, -0.2) is 13.1 Å². The first kappa shape index (κ1) is 18.6. The third-order valence-corrected chi connectivity index (χ3v) is 6.24. The maximum absolute atomic E-state index is 12.8. The number of hydrogen-bond donors (Lipinski definition) is 2. The topological polar surface area (TPSA) is 66.4 Å². The number of hydrogen-bond acceptors (Lipinski definition) is 3. The van der Waals surface area contributed by atoms with Crippen molar-refractivity contribution in [1.82, 2.24) is 4.72 Å². The van der Waals surface area contributed by atoms with Crippen LogP contribution in [-0.2, 0) is 15.6 Å². The Labute approximate surface area is 144 Å². The molecule has 0 spiro atoms. The predicted octanol–water partition coefficient (Wildman–Crippen LogP) is 3.11. The first-order valence-electron chi connectivity index (χ1n) is 7.91. The minimum absolute atomic E-state index is 0.0920. The van der Waals surface area contributed by atoms with Gasteiger partial charge in [-0.05, 0) is 62.4 Å². The second-order valence-electron chi connectivity index (χ2n) is 6.55. The summed E-state index contributed by atoms with van der Waals surface area (Å²) in [5.74, 6) is 0. The van der Waals surface area contributed by atoms with E-state index in [0.29, 0.717) is 10.5 Å². The summed E-state index contributed by atoms with van der Waals surface area (Å²) in [6.45, 7) is 8.94. The SMILES string of the molecule is Cc1cc(C)c(C)c(S(=O)(=O)NCC(C)(O)c2ccccc2)c1C. The first-order chi connectivity index (χ1) is 11.1. The van der Waals surface area contributed by atoms with Crippen molar-refractivity contribution in [3.05, 3.63) is 64.2 Å². The third-order valence-electron chi connectivity index (χ3n) is 4.57. The Bertz CT molecular complexity index is 814. The fraction of sp³-hybridized carbons (Fsp3) is 0.368. The van der Waals surface area contributed by atoms with Crippen molar-refractivity contribution in [3.63, 3.8) is 0 Å². The van der Waals surface area contributed by atoms with Gasteiger partial charge in [-0.2, -0.15) is 0 Å². The molecule has 0 heterocycles. The summed E-state index contributed by atoms with van der Waals surface area (Å²) in [6, 6.07) is 11.0. The molecule has 0 aliphatic carbocycles. The number of aryl methyl sites for hydroxylation is 2. The maximum atomic E-state index is 12.8. The fourth-order valence-electron chi connectivity index (χ4n) is 2.79. The van der Waals surface area contributed by atoms with E-state index in [9.17, 15) is 13.5 Å². The molecule has 0 aromatic heterocycles.